The number of unbranched alkanes of at least 4 members (excludes halogenated alkanes) is 9. The average Bonchev–Trinajstić information content (AvgIpc) is 2.39. The van der Waals surface area contributed by atoms with E-state index < -0.39 is 11.9 Å². The molecule has 0 fully saturated rings. The average molecular weight is 325 g/mol. The van der Waals surface area contributed by atoms with Crippen LogP contribution in [0.15, 0.2) is 0 Å². The number of rotatable bonds is 15. The zero-order valence-electron chi connectivity index (χ0n) is 13.4. The van der Waals surface area contributed by atoms with E-state index >= 15 is 0 Å². The summed E-state index contributed by atoms with van der Waals surface area (Å²) in [5.41, 5.74) is 0. The van der Waals surface area contributed by atoms with Crippen molar-refractivity contribution in [2.24, 2.45) is 0 Å². The molecule has 5 nitrogen and oxygen atoms in total. The fraction of sp³-hybridized carbons (Fsp3) is 0.875. The van der Waals surface area contributed by atoms with E-state index in [9.17, 15) is 9.59 Å². The number of carboxylic acids is 2. The summed E-state index contributed by atoms with van der Waals surface area (Å²) in [4.78, 5) is 22.8. The first-order valence-corrected chi connectivity index (χ1v) is 8.22. The zero-order chi connectivity index (χ0) is 15.9. The van der Waals surface area contributed by atoms with Crippen LogP contribution in [0.3, 0.4) is 0 Å². The van der Waals surface area contributed by atoms with Crippen LogP contribution < -0.4 is 0 Å². The van der Waals surface area contributed by atoms with Gasteiger partial charge >= 0.3 is 41.5 Å². The van der Waals surface area contributed by atoms with Crippen LogP contribution in [0, 0.1) is 0 Å². The minimum atomic E-state index is -0.969. The van der Waals surface area contributed by atoms with Gasteiger partial charge in [-0.3, -0.25) is 14.5 Å². The molecule has 0 saturated heterocycles. The summed E-state index contributed by atoms with van der Waals surface area (Å²) >= 11 is 0. The van der Waals surface area contributed by atoms with Gasteiger partial charge in [0.1, 0.15) is 0 Å². The topological polar surface area (TPSA) is 77.8 Å². The second-order valence-corrected chi connectivity index (χ2v) is 5.68. The molecule has 0 aromatic carbocycles. The van der Waals surface area contributed by atoms with Crippen LogP contribution in [-0.2, 0) is 9.59 Å². The Morgan fingerprint density at radius 3 is 1.45 bits per heavy atom. The Kier molecular flexibility index (Phi) is 18.9. The predicted molar refractivity (Wildman–Crippen MR) is 90.7 cm³/mol. The van der Waals surface area contributed by atoms with Gasteiger partial charge in [-0.2, -0.15) is 0 Å². The number of hydrogen-bond donors (Lipinski definition) is 2. The molecule has 0 aromatic heterocycles. The Hall–Kier alpha value is -0.100. The van der Waals surface area contributed by atoms with Gasteiger partial charge < -0.3 is 10.2 Å². The van der Waals surface area contributed by atoms with Gasteiger partial charge in [-0.1, -0.05) is 64.7 Å². The maximum atomic E-state index is 10.6. The normalized spacial score (nSPS) is 10.5. The Morgan fingerprint density at radius 2 is 1.09 bits per heavy atom. The Morgan fingerprint density at radius 1 is 0.727 bits per heavy atom. The SMILES string of the molecule is CCCCCCCCCCCCN(CC(=O)O)CC(=O)O.[NaH]. The quantitative estimate of drug-likeness (QED) is 0.357. The minimum absolute atomic E-state index is 0. The van der Waals surface area contributed by atoms with Crippen molar-refractivity contribution in [1.29, 1.82) is 0 Å². The number of nitrogens with zero attached hydrogens (tertiary/aromatic N) is 1. The summed E-state index contributed by atoms with van der Waals surface area (Å²) in [6.07, 6.45) is 12.2. The summed E-state index contributed by atoms with van der Waals surface area (Å²) in [6, 6.07) is 0. The first-order valence-electron chi connectivity index (χ1n) is 8.22. The summed E-state index contributed by atoms with van der Waals surface area (Å²) in [5.74, 6) is -1.94. The van der Waals surface area contributed by atoms with E-state index in [-0.39, 0.29) is 42.6 Å². The fourth-order valence-corrected chi connectivity index (χ4v) is 2.42. The molecule has 0 radical (unpaired) electrons. The van der Waals surface area contributed by atoms with E-state index in [1.54, 1.807) is 0 Å². The van der Waals surface area contributed by atoms with Gasteiger partial charge in [0.25, 0.3) is 0 Å². The summed E-state index contributed by atoms with van der Waals surface area (Å²) in [5, 5.41) is 17.4. The molecule has 0 aliphatic rings. The summed E-state index contributed by atoms with van der Waals surface area (Å²) in [7, 11) is 0. The van der Waals surface area contributed by atoms with Gasteiger partial charge in [-0.15, -0.1) is 0 Å². The van der Waals surface area contributed by atoms with Crippen LogP contribution in [0.4, 0.5) is 0 Å². The molecule has 0 aliphatic heterocycles. The second-order valence-electron chi connectivity index (χ2n) is 5.68. The van der Waals surface area contributed by atoms with Crippen LogP contribution in [0.2, 0.25) is 0 Å². The third-order valence-corrected chi connectivity index (χ3v) is 3.55. The Balaban J connectivity index is 0. The van der Waals surface area contributed by atoms with Crippen molar-refractivity contribution in [3.05, 3.63) is 0 Å². The van der Waals surface area contributed by atoms with E-state index in [1.807, 2.05) is 0 Å². The number of carbonyl (C=O) groups is 2. The van der Waals surface area contributed by atoms with Crippen molar-refractivity contribution >= 4 is 41.5 Å². The monoisotopic (exact) mass is 325 g/mol. The van der Waals surface area contributed by atoms with Crippen molar-refractivity contribution in [3.63, 3.8) is 0 Å². The molecule has 0 amide bonds. The van der Waals surface area contributed by atoms with Gasteiger partial charge in [0.2, 0.25) is 0 Å². The van der Waals surface area contributed by atoms with Crippen LogP contribution in [0.5, 0.6) is 0 Å². The van der Waals surface area contributed by atoms with Crippen molar-refractivity contribution < 1.29 is 19.8 Å². The van der Waals surface area contributed by atoms with Crippen LogP contribution in [0.1, 0.15) is 71.1 Å². The van der Waals surface area contributed by atoms with Crippen molar-refractivity contribution in [3.8, 4) is 0 Å². The van der Waals surface area contributed by atoms with Crippen molar-refractivity contribution in [1.82, 2.24) is 4.90 Å². The molecule has 2 N–H and O–H groups in total. The molecule has 0 aliphatic carbocycles. The predicted octanol–water partition coefficient (Wildman–Crippen LogP) is 2.73. The molecule has 0 aromatic rings. The number of aliphatic carboxylic acids is 2. The second kappa shape index (κ2) is 17.3. The van der Waals surface area contributed by atoms with Gasteiger partial charge in [0, 0.05) is 0 Å². The van der Waals surface area contributed by atoms with E-state index in [1.165, 1.54) is 49.8 Å². The number of carboxylic acid groups (broad SMARTS) is 2. The van der Waals surface area contributed by atoms with E-state index in [4.69, 9.17) is 10.2 Å². The van der Waals surface area contributed by atoms with Crippen LogP contribution in [0.25, 0.3) is 0 Å². The van der Waals surface area contributed by atoms with E-state index in [2.05, 4.69) is 6.92 Å². The molecule has 0 heterocycles. The molecule has 126 valence electrons. The van der Waals surface area contributed by atoms with Gasteiger partial charge in [-0.05, 0) is 13.0 Å². The van der Waals surface area contributed by atoms with Crippen molar-refractivity contribution in [2.75, 3.05) is 19.6 Å². The fourth-order valence-electron chi connectivity index (χ4n) is 2.42. The molecule has 0 rings (SSSR count). The summed E-state index contributed by atoms with van der Waals surface area (Å²) in [6.45, 7) is 2.39. The Bertz CT molecular complexity index is 271. The molecule has 0 atom stereocenters. The molecule has 0 saturated carbocycles. The van der Waals surface area contributed by atoms with E-state index in [0.717, 1.165) is 19.3 Å². The standard InChI is InChI=1S/C16H31NO4.Na.H/c1-2-3-4-5-6-7-8-9-10-11-12-17(13-15(18)19)14-16(20)21;;/h2-14H2,1H3,(H,18,19)(H,20,21);;. The first-order chi connectivity index (χ1) is 10.1. The zero-order valence-corrected chi connectivity index (χ0v) is 13.4. The molecule has 22 heavy (non-hydrogen) atoms. The van der Waals surface area contributed by atoms with Gasteiger partial charge in [-0.25, -0.2) is 0 Å². The van der Waals surface area contributed by atoms with E-state index in [0.29, 0.717) is 6.54 Å². The van der Waals surface area contributed by atoms with Crippen LogP contribution >= 0.6 is 0 Å². The molecular weight excluding hydrogens is 293 g/mol. The first kappa shape index (κ1) is 24.2. The molecule has 0 unspecified atom stereocenters. The van der Waals surface area contributed by atoms with Crippen LogP contribution in [-0.4, -0.2) is 76.2 Å². The maximum absolute atomic E-state index is 10.6. The van der Waals surface area contributed by atoms with Gasteiger partial charge in [0.15, 0.2) is 0 Å². The third-order valence-electron chi connectivity index (χ3n) is 3.55. The summed E-state index contributed by atoms with van der Waals surface area (Å²) < 4.78 is 0. The third kappa shape index (κ3) is 18.0. The molecule has 0 bridgehead atoms. The molecule has 6 heteroatoms. The van der Waals surface area contributed by atoms with Crippen molar-refractivity contribution in [2.45, 2.75) is 71.1 Å². The van der Waals surface area contributed by atoms with Gasteiger partial charge in [0.05, 0.1) is 13.1 Å². The number of hydrogen-bond acceptors (Lipinski definition) is 3. The Labute approximate surface area is 156 Å². The molecule has 0 spiro atoms. The molecular formula is C16H32NNaO4.